The number of rotatable bonds is 8. The van der Waals surface area contributed by atoms with E-state index in [9.17, 15) is 4.79 Å². The summed E-state index contributed by atoms with van der Waals surface area (Å²) in [7, 11) is 0. The summed E-state index contributed by atoms with van der Waals surface area (Å²) < 4.78 is 5.11. The molecule has 78 valence electrons. The van der Waals surface area contributed by atoms with Crippen LogP contribution in [0.5, 0.6) is 0 Å². The first-order valence-corrected chi connectivity index (χ1v) is 5.36. The second kappa shape index (κ2) is 8.24. The van der Waals surface area contributed by atoms with Crippen LogP contribution < -0.4 is 0 Å². The molecule has 2 heteroatoms. The van der Waals surface area contributed by atoms with Gasteiger partial charge in [-0.25, -0.2) is 0 Å². The molecule has 2 nitrogen and oxygen atoms in total. The number of carbonyl (C=O) groups is 1. The van der Waals surface area contributed by atoms with Crippen molar-refractivity contribution in [3.8, 4) is 0 Å². The molecule has 0 saturated heterocycles. The summed E-state index contributed by atoms with van der Waals surface area (Å²) in [5, 5.41) is 0. The van der Waals surface area contributed by atoms with Crippen LogP contribution in [-0.4, -0.2) is 19.0 Å². The summed E-state index contributed by atoms with van der Waals surface area (Å²) in [6.07, 6.45) is 4.29. The van der Waals surface area contributed by atoms with E-state index in [1.54, 1.807) is 0 Å². The summed E-state index contributed by atoms with van der Waals surface area (Å²) in [6.45, 7) is 7.08. The van der Waals surface area contributed by atoms with Crippen molar-refractivity contribution in [1.82, 2.24) is 0 Å². The lowest BCUT2D eigenvalue weighted by Crippen LogP contribution is -2.19. The molecule has 0 spiro atoms. The van der Waals surface area contributed by atoms with Crippen LogP contribution in [0.3, 0.4) is 0 Å². The molecule has 0 aliphatic carbocycles. The SMILES string of the molecule is CCCCC(CC)C(=O)COCC. The number of ether oxygens (including phenoxy) is 1. The Labute approximate surface area is 81.7 Å². The Kier molecular flexibility index (Phi) is 8.00. The van der Waals surface area contributed by atoms with E-state index in [-0.39, 0.29) is 11.7 Å². The Balaban J connectivity index is 3.71. The van der Waals surface area contributed by atoms with Crippen molar-refractivity contribution in [3.63, 3.8) is 0 Å². The van der Waals surface area contributed by atoms with Crippen molar-refractivity contribution in [2.24, 2.45) is 5.92 Å². The lowest BCUT2D eigenvalue weighted by atomic mass is 9.95. The Morgan fingerprint density at radius 2 is 2.00 bits per heavy atom. The maximum Gasteiger partial charge on any atom is 0.161 e. The molecule has 0 saturated carbocycles. The largest absolute Gasteiger partial charge is 0.374 e. The van der Waals surface area contributed by atoms with Gasteiger partial charge in [-0.05, 0) is 19.8 Å². The molecule has 1 unspecified atom stereocenters. The summed E-state index contributed by atoms with van der Waals surface area (Å²) in [6, 6.07) is 0. The van der Waals surface area contributed by atoms with Crippen molar-refractivity contribution in [3.05, 3.63) is 0 Å². The number of hydrogen-bond donors (Lipinski definition) is 0. The minimum absolute atomic E-state index is 0.228. The molecule has 0 bridgehead atoms. The number of hydrogen-bond acceptors (Lipinski definition) is 2. The second-order valence-electron chi connectivity index (χ2n) is 3.35. The van der Waals surface area contributed by atoms with E-state index in [1.807, 2.05) is 6.92 Å². The van der Waals surface area contributed by atoms with Gasteiger partial charge in [0.05, 0.1) is 0 Å². The van der Waals surface area contributed by atoms with Gasteiger partial charge in [0, 0.05) is 12.5 Å². The van der Waals surface area contributed by atoms with Crippen molar-refractivity contribution < 1.29 is 9.53 Å². The van der Waals surface area contributed by atoms with Crippen molar-refractivity contribution in [2.75, 3.05) is 13.2 Å². The molecule has 13 heavy (non-hydrogen) atoms. The van der Waals surface area contributed by atoms with E-state index in [0.717, 1.165) is 19.3 Å². The van der Waals surface area contributed by atoms with Crippen LogP contribution in [-0.2, 0) is 9.53 Å². The maximum atomic E-state index is 11.5. The zero-order chi connectivity index (χ0) is 10.1. The van der Waals surface area contributed by atoms with Crippen LogP contribution in [0, 0.1) is 5.92 Å². The van der Waals surface area contributed by atoms with E-state index in [1.165, 1.54) is 6.42 Å². The number of carbonyl (C=O) groups excluding carboxylic acids is 1. The third kappa shape index (κ3) is 5.81. The molecular weight excluding hydrogens is 164 g/mol. The highest BCUT2D eigenvalue weighted by molar-refractivity contribution is 5.82. The highest BCUT2D eigenvalue weighted by Crippen LogP contribution is 2.13. The van der Waals surface area contributed by atoms with Crippen molar-refractivity contribution >= 4 is 5.78 Å². The van der Waals surface area contributed by atoms with Gasteiger partial charge in [-0.1, -0.05) is 26.7 Å². The Morgan fingerprint density at radius 1 is 1.31 bits per heavy atom. The van der Waals surface area contributed by atoms with Crippen LogP contribution in [0.4, 0.5) is 0 Å². The molecule has 0 heterocycles. The average Bonchev–Trinajstić information content (AvgIpc) is 2.16. The zero-order valence-corrected chi connectivity index (χ0v) is 9.14. The highest BCUT2D eigenvalue weighted by atomic mass is 16.5. The van der Waals surface area contributed by atoms with Gasteiger partial charge in [-0.2, -0.15) is 0 Å². The van der Waals surface area contributed by atoms with Gasteiger partial charge in [0.2, 0.25) is 0 Å². The van der Waals surface area contributed by atoms with Gasteiger partial charge >= 0.3 is 0 Å². The minimum Gasteiger partial charge on any atom is -0.374 e. The Hall–Kier alpha value is -0.370. The predicted octanol–water partition coefficient (Wildman–Crippen LogP) is 2.81. The normalized spacial score (nSPS) is 12.8. The standard InChI is InChI=1S/C11H22O2/c1-4-7-8-10(5-2)11(12)9-13-6-3/h10H,4-9H2,1-3H3. The van der Waals surface area contributed by atoms with E-state index >= 15 is 0 Å². The lowest BCUT2D eigenvalue weighted by molar-refractivity contribution is -0.127. The average molecular weight is 186 g/mol. The van der Waals surface area contributed by atoms with Gasteiger partial charge in [-0.3, -0.25) is 4.79 Å². The first kappa shape index (κ1) is 12.6. The summed E-state index contributed by atoms with van der Waals surface area (Å²) in [4.78, 5) is 11.5. The zero-order valence-electron chi connectivity index (χ0n) is 9.14. The second-order valence-corrected chi connectivity index (χ2v) is 3.35. The fourth-order valence-electron chi connectivity index (χ4n) is 1.36. The van der Waals surface area contributed by atoms with E-state index in [2.05, 4.69) is 13.8 Å². The minimum atomic E-state index is 0.228. The molecule has 0 fully saturated rings. The highest BCUT2D eigenvalue weighted by Gasteiger charge is 2.14. The number of Topliss-reactive ketones (excluding diaryl/α,β-unsaturated/α-hetero) is 1. The quantitative estimate of drug-likeness (QED) is 0.582. The van der Waals surface area contributed by atoms with Crippen LogP contribution in [0.2, 0.25) is 0 Å². The third-order valence-corrected chi connectivity index (χ3v) is 2.30. The van der Waals surface area contributed by atoms with E-state index in [4.69, 9.17) is 4.74 Å². The smallest absolute Gasteiger partial charge is 0.161 e. The molecule has 0 aromatic rings. The van der Waals surface area contributed by atoms with E-state index < -0.39 is 0 Å². The molecule has 0 amide bonds. The fourth-order valence-corrected chi connectivity index (χ4v) is 1.36. The Morgan fingerprint density at radius 3 is 2.46 bits per heavy atom. The molecule has 0 N–H and O–H groups in total. The maximum absolute atomic E-state index is 11.5. The molecule has 0 rings (SSSR count). The van der Waals surface area contributed by atoms with Gasteiger partial charge in [-0.15, -0.1) is 0 Å². The van der Waals surface area contributed by atoms with Crippen LogP contribution >= 0.6 is 0 Å². The first-order chi connectivity index (χ1) is 6.26. The summed E-state index contributed by atoms with van der Waals surface area (Å²) >= 11 is 0. The van der Waals surface area contributed by atoms with Gasteiger partial charge in [0.1, 0.15) is 6.61 Å². The molecule has 0 radical (unpaired) electrons. The fraction of sp³-hybridized carbons (Fsp3) is 0.909. The van der Waals surface area contributed by atoms with Gasteiger partial charge in [0.15, 0.2) is 5.78 Å². The number of ketones is 1. The van der Waals surface area contributed by atoms with Gasteiger partial charge < -0.3 is 4.74 Å². The molecule has 0 aromatic carbocycles. The third-order valence-electron chi connectivity index (χ3n) is 2.30. The molecule has 0 aliphatic rings. The number of unbranched alkanes of at least 4 members (excludes halogenated alkanes) is 1. The molecule has 0 aromatic heterocycles. The molecular formula is C11H22O2. The van der Waals surface area contributed by atoms with Gasteiger partial charge in [0.25, 0.3) is 0 Å². The first-order valence-electron chi connectivity index (χ1n) is 5.36. The van der Waals surface area contributed by atoms with Crippen LogP contribution in [0.25, 0.3) is 0 Å². The monoisotopic (exact) mass is 186 g/mol. The Bertz CT molecular complexity index is 132. The topological polar surface area (TPSA) is 26.3 Å². The predicted molar refractivity (Wildman–Crippen MR) is 54.8 cm³/mol. The summed E-state index contributed by atoms with van der Waals surface area (Å²) in [5.41, 5.74) is 0. The van der Waals surface area contributed by atoms with Crippen molar-refractivity contribution in [2.45, 2.75) is 46.5 Å². The lowest BCUT2D eigenvalue weighted by Gasteiger charge is -2.12. The van der Waals surface area contributed by atoms with Crippen LogP contribution in [0.15, 0.2) is 0 Å². The molecule has 0 aliphatic heterocycles. The molecule has 1 atom stereocenters. The van der Waals surface area contributed by atoms with E-state index in [0.29, 0.717) is 13.2 Å². The van der Waals surface area contributed by atoms with Crippen LogP contribution in [0.1, 0.15) is 46.5 Å². The van der Waals surface area contributed by atoms with Crippen molar-refractivity contribution in [1.29, 1.82) is 0 Å². The summed E-state index contributed by atoms with van der Waals surface area (Å²) in [5.74, 6) is 0.504.